The maximum absolute atomic E-state index is 12.5. The minimum Gasteiger partial charge on any atom is -0.507 e. The fraction of sp³-hybridized carbons (Fsp3) is 0.400. The molecular weight excluding hydrogens is 288 g/mol. The number of phenols is 1. The van der Waals surface area contributed by atoms with E-state index >= 15 is 0 Å². The van der Waals surface area contributed by atoms with E-state index in [1.807, 2.05) is 0 Å². The van der Waals surface area contributed by atoms with Crippen molar-refractivity contribution in [1.82, 2.24) is 10.2 Å². The highest BCUT2D eigenvalue weighted by atomic mass is 16.4. The molecule has 7 heteroatoms. The topological polar surface area (TPSA) is 107 Å². The van der Waals surface area contributed by atoms with Crippen LogP contribution in [0, 0.1) is 0 Å². The quantitative estimate of drug-likeness (QED) is 0.754. The third-order valence-corrected chi connectivity index (χ3v) is 3.68. The Kier molecular flexibility index (Phi) is 4.65. The Morgan fingerprint density at radius 2 is 2.00 bits per heavy atom. The van der Waals surface area contributed by atoms with Crippen LogP contribution < -0.4 is 5.32 Å². The van der Waals surface area contributed by atoms with Crippen molar-refractivity contribution in [3.05, 3.63) is 29.8 Å². The number of rotatable bonds is 4. The van der Waals surface area contributed by atoms with Gasteiger partial charge in [0.15, 0.2) is 0 Å². The zero-order chi connectivity index (χ0) is 16.3. The van der Waals surface area contributed by atoms with Crippen LogP contribution in [0.4, 0.5) is 0 Å². The highest BCUT2D eigenvalue weighted by Crippen LogP contribution is 2.24. The van der Waals surface area contributed by atoms with E-state index < -0.39 is 29.9 Å². The molecule has 2 atom stereocenters. The highest BCUT2D eigenvalue weighted by Gasteiger charge is 2.36. The Labute approximate surface area is 127 Å². The maximum Gasteiger partial charge on any atom is 0.325 e. The number of carbonyl (C=O) groups is 3. The average Bonchev–Trinajstić information content (AvgIpc) is 2.96. The molecule has 2 rings (SSSR count). The van der Waals surface area contributed by atoms with Gasteiger partial charge in [-0.15, -0.1) is 0 Å². The van der Waals surface area contributed by atoms with Crippen LogP contribution in [0.2, 0.25) is 0 Å². The molecule has 0 saturated carbocycles. The number of nitrogens with zero attached hydrogens (tertiary/aromatic N) is 1. The number of aromatic hydroxyl groups is 1. The van der Waals surface area contributed by atoms with Crippen molar-refractivity contribution in [2.45, 2.75) is 31.8 Å². The molecule has 1 aromatic carbocycles. The third-order valence-electron chi connectivity index (χ3n) is 3.68. The van der Waals surface area contributed by atoms with E-state index in [1.165, 1.54) is 24.0 Å². The van der Waals surface area contributed by atoms with E-state index in [4.69, 9.17) is 5.11 Å². The molecule has 1 heterocycles. The summed E-state index contributed by atoms with van der Waals surface area (Å²) < 4.78 is 0. The molecule has 0 radical (unpaired) electrons. The second-order valence-corrected chi connectivity index (χ2v) is 5.24. The molecule has 3 N–H and O–H groups in total. The van der Waals surface area contributed by atoms with Gasteiger partial charge in [0.1, 0.15) is 17.8 Å². The number of amides is 2. The predicted octanol–water partition coefficient (Wildman–Crippen LogP) is 0.586. The van der Waals surface area contributed by atoms with E-state index in [0.29, 0.717) is 19.4 Å². The number of hydrogen-bond donors (Lipinski definition) is 3. The molecule has 1 saturated heterocycles. The number of carboxylic acid groups (broad SMARTS) is 1. The molecule has 7 nitrogen and oxygen atoms in total. The Morgan fingerprint density at radius 3 is 2.64 bits per heavy atom. The second kappa shape index (κ2) is 6.46. The number of likely N-dealkylation sites (tertiary alicyclic amines) is 1. The van der Waals surface area contributed by atoms with E-state index in [1.54, 1.807) is 12.1 Å². The zero-order valence-corrected chi connectivity index (χ0v) is 12.2. The second-order valence-electron chi connectivity index (χ2n) is 5.24. The summed E-state index contributed by atoms with van der Waals surface area (Å²) in [4.78, 5) is 36.8. The van der Waals surface area contributed by atoms with E-state index in [0.717, 1.165) is 0 Å². The van der Waals surface area contributed by atoms with Gasteiger partial charge in [0, 0.05) is 6.54 Å². The van der Waals surface area contributed by atoms with Gasteiger partial charge in [-0.05, 0) is 31.9 Å². The number of nitrogens with one attached hydrogen (secondary N) is 1. The summed E-state index contributed by atoms with van der Waals surface area (Å²) in [5.74, 6) is -2.20. The van der Waals surface area contributed by atoms with Crippen molar-refractivity contribution >= 4 is 17.8 Å². The monoisotopic (exact) mass is 306 g/mol. The lowest BCUT2D eigenvalue weighted by Gasteiger charge is -2.25. The molecule has 1 unspecified atom stereocenters. The van der Waals surface area contributed by atoms with Gasteiger partial charge in [0.2, 0.25) is 5.91 Å². The summed E-state index contributed by atoms with van der Waals surface area (Å²) in [5, 5.41) is 21.0. The van der Waals surface area contributed by atoms with Crippen LogP contribution in [0.3, 0.4) is 0 Å². The first-order valence-corrected chi connectivity index (χ1v) is 7.04. The minimum absolute atomic E-state index is 0.133. The minimum atomic E-state index is -1.13. The Bertz CT molecular complexity index is 601. The van der Waals surface area contributed by atoms with Crippen molar-refractivity contribution in [3.8, 4) is 5.75 Å². The van der Waals surface area contributed by atoms with E-state index in [-0.39, 0.29) is 11.3 Å². The molecule has 1 fully saturated rings. The van der Waals surface area contributed by atoms with Gasteiger partial charge in [-0.2, -0.15) is 0 Å². The summed E-state index contributed by atoms with van der Waals surface area (Å²) >= 11 is 0. The van der Waals surface area contributed by atoms with Crippen molar-refractivity contribution in [2.24, 2.45) is 0 Å². The first kappa shape index (κ1) is 15.8. The molecule has 2 amide bonds. The maximum atomic E-state index is 12.5. The van der Waals surface area contributed by atoms with Crippen LogP contribution >= 0.6 is 0 Å². The van der Waals surface area contributed by atoms with Gasteiger partial charge in [-0.25, -0.2) is 0 Å². The smallest absolute Gasteiger partial charge is 0.325 e. The van der Waals surface area contributed by atoms with Gasteiger partial charge in [0.05, 0.1) is 5.56 Å². The fourth-order valence-corrected chi connectivity index (χ4v) is 2.46. The average molecular weight is 306 g/mol. The van der Waals surface area contributed by atoms with Crippen molar-refractivity contribution < 1.29 is 24.6 Å². The first-order chi connectivity index (χ1) is 10.4. The molecule has 0 aliphatic carbocycles. The number of carboxylic acids is 1. The summed E-state index contributed by atoms with van der Waals surface area (Å²) in [7, 11) is 0. The Balaban J connectivity index is 2.14. The third kappa shape index (κ3) is 3.19. The predicted molar refractivity (Wildman–Crippen MR) is 77.4 cm³/mol. The van der Waals surface area contributed by atoms with Gasteiger partial charge in [-0.3, -0.25) is 14.4 Å². The van der Waals surface area contributed by atoms with Crippen LogP contribution in [-0.2, 0) is 9.59 Å². The molecule has 1 aliphatic rings. The summed E-state index contributed by atoms with van der Waals surface area (Å²) in [6, 6.07) is 4.40. The van der Waals surface area contributed by atoms with Crippen molar-refractivity contribution in [3.63, 3.8) is 0 Å². The Morgan fingerprint density at radius 1 is 1.32 bits per heavy atom. The summed E-state index contributed by atoms with van der Waals surface area (Å²) in [6.45, 7) is 1.76. The van der Waals surface area contributed by atoms with Gasteiger partial charge in [-0.1, -0.05) is 12.1 Å². The SMILES string of the molecule is C[C@@H](NC(=O)C1CCCN1C(=O)c1ccccc1O)C(=O)O. The lowest BCUT2D eigenvalue weighted by Crippen LogP contribution is -2.50. The molecule has 1 aliphatic heterocycles. The molecule has 118 valence electrons. The van der Waals surface area contributed by atoms with Crippen LogP contribution in [0.1, 0.15) is 30.1 Å². The van der Waals surface area contributed by atoms with E-state index in [2.05, 4.69) is 5.32 Å². The van der Waals surface area contributed by atoms with Crippen LogP contribution in [0.15, 0.2) is 24.3 Å². The standard InChI is InChI=1S/C15H18N2O5/c1-9(15(21)22)16-13(19)11-6-4-8-17(11)14(20)10-5-2-3-7-12(10)18/h2-3,5,7,9,11,18H,4,6,8H2,1H3,(H,16,19)(H,21,22)/t9-,11?/m1/s1. The number of aliphatic carboxylic acids is 1. The van der Waals surface area contributed by atoms with Gasteiger partial charge in [0.25, 0.3) is 5.91 Å². The highest BCUT2D eigenvalue weighted by molar-refractivity contribution is 6.00. The number of carbonyl (C=O) groups excluding carboxylic acids is 2. The molecule has 22 heavy (non-hydrogen) atoms. The number of phenolic OH excluding ortho intramolecular Hbond substituents is 1. The van der Waals surface area contributed by atoms with Crippen LogP contribution in [0.5, 0.6) is 5.75 Å². The summed E-state index contributed by atoms with van der Waals surface area (Å²) in [5.41, 5.74) is 0.133. The number of benzene rings is 1. The largest absolute Gasteiger partial charge is 0.507 e. The van der Waals surface area contributed by atoms with E-state index in [9.17, 15) is 19.5 Å². The first-order valence-electron chi connectivity index (χ1n) is 7.04. The normalized spacial score (nSPS) is 18.8. The molecule has 0 bridgehead atoms. The zero-order valence-electron chi connectivity index (χ0n) is 12.2. The molecular formula is C15H18N2O5. The van der Waals surface area contributed by atoms with Crippen molar-refractivity contribution in [1.29, 1.82) is 0 Å². The van der Waals surface area contributed by atoms with Crippen molar-refractivity contribution in [2.75, 3.05) is 6.54 Å². The fourth-order valence-electron chi connectivity index (χ4n) is 2.46. The Hall–Kier alpha value is -2.57. The van der Waals surface area contributed by atoms with Gasteiger partial charge < -0.3 is 20.4 Å². The van der Waals surface area contributed by atoms with Gasteiger partial charge >= 0.3 is 5.97 Å². The lowest BCUT2D eigenvalue weighted by molar-refractivity contribution is -0.141. The lowest BCUT2D eigenvalue weighted by atomic mass is 10.1. The number of hydrogen-bond acceptors (Lipinski definition) is 4. The molecule has 0 spiro atoms. The molecule has 1 aromatic rings. The van der Waals surface area contributed by atoms with Crippen LogP contribution in [0.25, 0.3) is 0 Å². The number of para-hydroxylation sites is 1. The molecule has 0 aromatic heterocycles. The summed E-state index contributed by atoms with van der Waals surface area (Å²) in [6.07, 6.45) is 1.12. The van der Waals surface area contributed by atoms with Crippen LogP contribution in [-0.4, -0.2) is 51.5 Å².